The summed E-state index contributed by atoms with van der Waals surface area (Å²) in [5.41, 5.74) is 1.15. The monoisotopic (exact) mass is 592 g/mol. The van der Waals surface area contributed by atoms with Gasteiger partial charge in [-0.15, -0.1) is 5.06 Å². The first kappa shape index (κ1) is 27.1. The molecule has 1 atom stereocenters. The molecule has 0 bridgehead atoms. The van der Waals surface area contributed by atoms with E-state index in [1.807, 2.05) is 43.3 Å². The van der Waals surface area contributed by atoms with Crippen LogP contribution in [0.4, 0.5) is 5.69 Å². The topological polar surface area (TPSA) is 129 Å². The predicted octanol–water partition coefficient (Wildman–Crippen LogP) is 4.62. The average Bonchev–Trinajstić information content (AvgIpc) is 3.47. The van der Waals surface area contributed by atoms with E-state index >= 15 is 0 Å². The Morgan fingerprint density at radius 1 is 0.864 bits per heavy atom. The summed E-state index contributed by atoms with van der Waals surface area (Å²) in [5.74, 6) is -2.00. The lowest BCUT2D eigenvalue weighted by Crippen LogP contribution is -2.33. The van der Waals surface area contributed by atoms with Crippen LogP contribution in [0.3, 0.4) is 0 Å². The number of carbonyl (C=O) groups is 5. The molecule has 3 aliphatic rings. The van der Waals surface area contributed by atoms with Gasteiger partial charge in [-0.2, -0.15) is 0 Å². The van der Waals surface area contributed by atoms with Crippen molar-refractivity contribution in [2.24, 2.45) is 0 Å². The van der Waals surface area contributed by atoms with Crippen molar-refractivity contribution in [2.45, 2.75) is 25.4 Å². The maximum atomic E-state index is 13.6. The van der Waals surface area contributed by atoms with Gasteiger partial charge in [-0.3, -0.25) is 14.4 Å². The zero-order valence-electron chi connectivity index (χ0n) is 23.8. The van der Waals surface area contributed by atoms with Crippen LogP contribution in [-0.2, 0) is 29.6 Å². The molecule has 4 aromatic carbocycles. The van der Waals surface area contributed by atoms with Crippen molar-refractivity contribution in [3.8, 4) is 17.2 Å². The lowest BCUT2D eigenvalue weighted by atomic mass is 9.76. The molecule has 11 nitrogen and oxygen atoms in total. The smallest absolute Gasteiger partial charge is 0.363 e. The molecule has 0 radical (unpaired) electrons. The quantitative estimate of drug-likeness (QED) is 0.188. The summed E-state index contributed by atoms with van der Waals surface area (Å²) >= 11 is 0. The molecule has 3 heterocycles. The number of hydrogen-bond donors (Lipinski definition) is 0. The van der Waals surface area contributed by atoms with Gasteiger partial charge >= 0.3 is 17.9 Å². The summed E-state index contributed by atoms with van der Waals surface area (Å²) < 4.78 is 18.1. The molecule has 44 heavy (non-hydrogen) atoms. The highest BCUT2D eigenvalue weighted by Gasteiger charge is 2.54. The Bertz CT molecular complexity index is 1970. The first-order chi connectivity index (χ1) is 21.1. The molecule has 11 heteroatoms. The average molecular weight is 593 g/mol. The van der Waals surface area contributed by atoms with Crippen molar-refractivity contribution in [1.82, 2.24) is 5.06 Å². The van der Waals surface area contributed by atoms with Gasteiger partial charge in [0.2, 0.25) is 0 Å². The summed E-state index contributed by atoms with van der Waals surface area (Å²) in [6.07, 6.45) is -0.0807. The minimum Gasteiger partial charge on any atom is -0.456 e. The van der Waals surface area contributed by atoms with E-state index in [1.54, 1.807) is 30.3 Å². The zero-order chi connectivity index (χ0) is 30.9. The van der Waals surface area contributed by atoms with Crippen LogP contribution in [0, 0.1) is 0 Å². The van der Waals surface area contributed by atoms with Gasteiger partial charge in [-0.1, -0.05) is 12.1 Å². The third kappa shape index (κ3) is 4.00. The van der Waals surface area contributed by atoms with Gasteiger partial charge in [0.15, 0.2) is 5.60 Å². The number of rotatable bonds is 4. The highest BCUT2D eigenvalue weighted by molar-refractivity contribution is 6.04. The third-order valence-corrected chi connectivity index (χ3v) is 7.94. The van der Waals surface area contributed by atoms with E-state index in [-0.39, 0.29) is 24.0 Å². The van der Waals surface area contributed by atoms with E-state index < -0.39 is 35.3 Å². The van der Waals surface area contributed by atoms with E-state index in [1.165, 1.54) is 19.1 Å². The Morgan fingerprint density at radius 3 is 2.32 bits per heavy atom. The third-order valence-electron chi connectivity index (χ3n) is 7.94. The summed E-state index contributed by atoms with van der Waals surface area (Å²) in [6, 6.07) is 18.8. The second-order valence-electron chi connectivity index (χ2n) is 10.9. The fourth-order valence-corrected chi connectivity index (χ4v) is 5.91. The van der Waals surface area contributed by atoms with Gasteiger partial charge in [0.1, 0.15) is 17.2 Å². The Hall–Kier alpha value is -5.71. The molecule has 1 saturated heterocycles. The van der Waals surface area contributed by atoms with Crippen molar-refractivity contribution in [3.63, 3.8) is 0 Å². The molecule has 0 aromatic heterocycles. The van der Waals surface area contributed by atoms with Gasteiger partial charge in [0.25, 0.3) is 11.8 Å². The SMILES string of the molecule is CC(=O)Oc1ccc2c3c(ccc2c1)C1(OC(=O)c2cc(C(=O)ON4C(=O)CCC4=O)ccc21)c1ccc(N(C)C)cc1O3. The number of esters is 2. The molecule has 0 saturated carbocycles. The molecule has 3 aliphatic heterocycles. The molecule has 1 spiro atoms. The second-order valence-corrected chi connectivity index (χ2v) is 10.9. The minimum absolute atomic E-state index is 0.0303. The highest BCUT2D eigenvalue weighted by Crippen LogP contribution is 2.58. The van der Waals surface area contributed by atoms with Crippen molar-refractivity contribution < 1.29 is 43.0 Å². The summed E-state index contributed by atoms with van der Waals surface area (Å²) in [6.45, 7) is 1.33. The molecule has 4 aromatic rings. The van der Waals surface area contributed by atoms with Crippen LogP contribution < -0.4 is 14.4 Å². The standard InChI is InChI=1S/C33H24N2O9/c1-17(36)41-21-7-8-22-18(14-21)4-10-26-30(22)42-27-16-20(34(2)3)6-11-25(27)33(26)24-9-5-19(15-23(24)32(40)43-33)31(39)44-35-28(37)12-13-29(35)38/h4-11,14-16H,12-13H2,1-3H3. The van der Waals surface area contributed by atoms with Crippen LogP contribution in [0.2, 0.25) is 0 Å². The van der Waals surface area contributed by atoms with Crippen molar-refractivity contribution in [2.75, 3.05) is 19.0 Å². The lowest BCUT2D eigenvalue weighted by Gasteiger charge is -2.37. The van der Waals surface area contributed by atoms with Crippen LogP contribution >= 0.6 is 0 Å². The normalized spacial score (nSPS) is 18.0. The molecular formula is C33H24N2O9. The van der Waals surface area contributed by atoms with Crippen LogP contribution in [-0.4, -0.2) is 48.9 Å². The van der Waals surface area contributed by atoms with Crippen molar-refractivity contribution >= 4 is 46.2 Å². The number of ether oxygens (including phenoxy) is 3. The molecular weight excluding hydrogens is 568 g/mol. The van der Waals surface area contributed by atoms with E-state index in [0.29, 0.717) is 44.4 Å². The predicted molar refractivity (Wildman–Crippen MR) is 154 cm³/mol. The maximum Gasteiger partial charge on any atom is 0.363 e. The largest absolute Gasteiger partial charge is 0.456 e. The number of amides is 2. The molecule has 0 N–H and O–H groups in total. The Balaban J connectivity index is 1.39. The second kappa shape index (κ2) is 9.66. The van der Waals surface area contributed by atoms with Gasteiger partial charge in [-0.05, 0) is 53.9 Å². The van der Waals surface area contributed by atoms with Crippen LogP contribution in [0.1, 0.15) is 57.2 Å². The Morgan fingerprint density at radius 2 is 1.59 bits per heavy atom. The van der Waals surface area contributed by atoms with Crippen LogP contribution in [0.15, 0.2) is 66.7 Å². The highest BCUT2D eigenvalue weighted by atomic mass is 16.7. The molecule has 7 rings (SSSR count). The van der Waals surface area contributed by atoms with Gasteiger partial charge < -0.3 is 23.9 Å². The van der Waals surface area contributed by atoms with Gasteiger partial charge in [0.05, 0.1) is 11.1 Å². The number of nitrogens with zero attached hydrogens (tertiary/aromatic N) is 2. The van der Waals surface area contributed by atoms with Gasteiger partial charge in [-0.25, -0.2) is 9.59 Å². The summed E-state index contributed by atoms with van der Waals surface area (Å²) in [7, 11) is 3.80. The fourth-order valence-electron chi connectivity index (χ4n) is 5.91. The Labute approximate surface area is 250 Å². The van der Waals surface area contributed by atoms with E-state index in [2.05, 4.69) is 0 Å². The van der Waals surface area contributed by atoms with Crippen LogP contribution in [0.5, 0.6) is 17.2 Å². The summed E-state index contributed by atoms with van der Waals surface area (Å²) in [4.78, 5) is 69.0. The number of hydrogen-bond acceptors (Lipinski definition) is 10. The number of benzene rings is 4. The number of anilines is 1. The minimum atomic E-state index is -1.42. The number of imide groups is 1. The molecule has 2 amide bonds. The molecule has 220 valence electrons. The van der Waals surface area contributed by atoms with Crippen LogP contribution in [0.25, 0.3) is 10.8 Å². The lowest BCUT2D eigenvalue weighted by molar-refractivity contribution is -0.172. The number of fused-ring (bicyclic) bond motifs is 8. The fraction of sp³-hybridized carbons (Fsp3) is 0.182. The van der Waals surface area contributed by atoms with E-state index in [0.717, 1.165) is 11.1 Å². The van der Waals surface area contributed by atoms with Gasteiger partial charge in [0, 0.05) is 67.7 Å². The first-order valence-corrected chi connectivity index (χ1v) is 13.8. The number of carbonyl (C=O) groups excluding carboxylic acids is 5. The molecule has 1 unspecified atom stereocenters. The van der Waals surface area contributed by atoms with Crippen molar-refractivity contribution in [3.05, 3.63) is 94.5 Å². The molecule has 1 fully saturated rings. The first-order valence-electron chi connectivity index (χ1n) is 13.8. The maximum absolute atomic E-state index is 13.6. The summed E-state index contributed by atoms with van der Waals surface area (Å²) in [5, 5.41) is 1.89. The zero-order valence-corrected chi connectivity index (χ0v) is 23.8. The van der Waals surface area contributed by atoms with E-state index in [4.69, 9.17) is 19.0 Å². The van der Waals surface area contributed by atoms with E-state index in [9.17, 15) is 24.0 Å². The molecule has 0 aliphatic carbocycles. The Kier molecular flexibility index (Phi) is 5.96. The van der Waals surface area contributed by atoms with Crippen molar-refractivity contribution in [1.29, 1.82) is 0 Å². The number of hydroxylamine groups is 2.